The zero-order chi connectivity index (χ0) is 24.2. The van der Waals surface area contributed by atoms with E-state index in [0.717, 1.165) is 12.8 Å². The number of hydrogen-bond acceptors (Lipinski definition) is 8. The number of pyridine rings is 1. The largest absolute Gasteiger partial charge is 0.494 e. The standard InChI is InChI=1S/C23H22N6O5/c1-24-22(31)19-17(10-18(28-29-19)27-21(30)12-6-7-12)26-15-5-3-4-14(20(15)34-2)13-8-9-16(23(32)33)25-11-13/h3-5,8-12H,6-7H2,1-2H3,(H,24,31)(H,32,33)(H2,26,27,28,30). The van der Waals surface area contributed by atoms with E-state index in [0.29, 0.717) is 28.3 Å². The Kier molecular flexibility index (Phi) is 6.35. The van der Waals surface area contributed by atoms with E-state index in [4.69, 9.17) is 9.84 Å². The van der Waals surface area contributed by atoms with Crippen molar-refractivity contribution in [2.24, 2.45) is 5.92 Å². The number of carbonyl (C=O) groups excluding carboxylic acids is 2. The lowest BCUT2D eigenvalue weighted by atomic mass is 10.0. The number of benzene rings is 1. The number of nitrogens with one attached hydrogen (secondary N) is 3. The topological polar surface area (TPSA) is 155 Å². The number of hydrogen-bond donors (Lipinski definition) is 4. The average Bonchev–Trinajstić information content (AvgIpc) is 3.69. The van der Waals surface area contributed by atoms with Crippen molar-refractivity contribution in [1.82, 2.24) is 20.5 Å². The molecule has 0 spiro atoms. The molecule has 1 aliphatic carbocycles. The van der Waals surface area contributed by atoms with Crippen molar-refractivity contribution >= 4 is 35.0 Å². The van der Waals surface area contributed by atoms with Gasteiger partial charge in [0.2, 0.25) is 5.91 Å². The first-order chi connectivity index (χ1) is 16.4. The van der Waals surface area contributed by atoms with Crippen LogP contribution in [-0.4, -0.2) is 52.2 Å². The third-order valence-electron chi connectivity index (χ3n) is 5.22. The van der Waals surface area contributed by atoms with Crippen LogP contribution in [-0.2, 0) is 4.79 Å². The van der Waals surface area contributed by atoms with Crippen molar-refractivity contribution in [2.45, 2.75) is 12.8 Å². The monoisotopic (exact) mass is 462 g/mol. The van der Waals surface area contributed by atoms with Crippen LogP contribution in [0.2, 0.25) is 0 Å². The lowest BCUT2D eigenvalue weighted by Gasteiger charge is -2.17. The number of para-hydroxylation sites is 1. The first-order valence-corrected chi connectivity index (χ1v) is 10.5. The van der Waals surface area contributed by atoms with Crippen LogP contribution in [0, 0.1) is 5.92 Å². The summed E-state index contributed by atoms with van der Waals surface area (Å²) >= 11 is 0. The van der Waals surface area contributed by atoms with Gasteiger partial charge in [-0.2, -0.15) is 0 Å². The third-order valence-corrected chi connectivity index (χ3v) is 5.22. The highest BCUT2D eigenvalue weighted by atomic mass is 16.5. The normalized spacial score (nSPS) is 12.5. The first-order valence-electron chi connectivity index (χ1n) is 10.5. The van der Waals surface area contributed by atoms with Gasteiger partial charge in [-0.1, -0.05) is 18.2 Å². The van der Waals surface area contributed by atoms with Gasteiger partial charge in [0, 0.05) is 36.4 Å². The van der Waals surface area contributed by atoms with Crippen molar-refractivity contribution in [1.29, 1.82) is 0 Å². The van der Waals surface area contributed by atoms with Crippen LogP contribution < -0.4 is 20.7 Å². The molecule has 11 nitrogen and oxygen atoms in total. The van der Waals surface area contributed by atoms with Gasteiger partial charge in [0.15, 0.2) is 11.5 Å². The van der Waals surface area contributed by atoms with Crippen molar-refractivity contribution in [3.05, 3.63) is 54.0 Å². The lowest BCUT2D eigenvalue weighted by molar-refractivity contribution is -0.117. The molecule has 0 unspecified atom stereocenters. The molecule has 0 saturated heterocycles. The smallest absolute Gasteiger partial charge is 0.354 e. The van der Waals surface area contributed by atoms with Gasteiger partial charge >= 0.3 is 5.97 Å². The number of carboxylic acids is 1. The molecule has 174 valence electrons. The maximum atomic E-state index is 12.4. The number of nitrogens with zero attached hydrogens (tertiary/aromatic N) is 3. The quantitative estimate of drug-likeness (QED) is 0.395. The Balaban J connectivity index is 1.70. The zero-order valence-corrected chi connectivity index (χ0v) is 18.5. The van der Waals surface area contributed by atoms with Gasteiger partial charge in [0.05, 0.1) is 18.5 Å². The minimum absolute atomic E-state index is 0.0188. The molecular weight excluding hydrogens is 440 g/mol. The molecule has 3 aromatic rings. The molecule has 1 aliphatic rings. The number of methoxy groups -OCH3 is 1. The van der Waals surface area contributed by atoms with Gasteiger partial charge in [-0.3, -0.25) is 9.59 Å². The van der Waals surface area contributed by atoms with Crippen LogP contribution in [0.15, 0.2) is 42.6 Å². The van der Waals surface area contributed by atoms with E-state index < -0.39 is 11.9 Å². The predicted octanol–water partition coefficient (Wildman–Crippen LogP) is 2.70. The molecule has 34 heavy (non-hydrogen) atoms. The molecule has 2 amide bonds. The minimum atomic E-state index is -1.12. The first kappa shape index (κ1) is 22.6. The molecular formula is C23H22N6O5. The zero-order valence-electron chi connectivity index (χ0n) is 18.5. The van der Waals surface area contributed by atoms with E-state index in [1.54, 1.807) is 24.3 Å². The Morgan fingerprint density at radius 1 is 1.09 bits per heavy atom. The Morgan fingerprint density at radius 3 is 2.50 bits per heavy atom. The van der Waals surface area contributed by atoms with Crippen LogP contribution in [0.5, 0.6) is 5.75 Å². The summed E-state index contributed by atoms with van der Waals surface area (Å²) in [6, 6.07) is 9.89. The molecule has 2 heterocycles. The van der Waals surface area contributed by atoms with Crippen LogP contribution in [0.3, 0.4) is 0 Å². The number of aromatic nitrogens is 3. The summed E-state index contributed by atoms with van der Waals surface area (Å²) in [7, 11) is 2.97. The van der Waals surface area contributed by atoms with Crippen molar-refractivity contribution < 1.29 is 24.2 Å². The van der Waals surface area contributed by atoms with Gasteiger partial charge in [-0.25, -0.2) is 9.78 Å². The van der Waals surface area contributed by atoms with Gasteiger partial charge in [0.1, 0.15) is 11.4 Å². The molecule has 1 fully saturated rings. The fourth-order valence-corrected chi connectivity index (χ4v) is 3.32. The molecule has 0 aliphatic heterocycles. The van der Waals surface area contributed by atoms with E-state index in [9.17, 15) is 14.4 Å². The number of rotatable bonds is 8. The molecule has 11 heteroatoms. The maximum absolute atomic E-state index is 12.4. The number of anilines is 3. The highest BCUT2D eigenvalue weighted by Crippen LogP contribution is 2.38. The molecule has 1 saturated carbocycles. The molecule has 1 aromatic carbocycles. The fraction of sp³-hybridized carbons (Fsp3) is 0.217. The van der Waals surface area contributed by atoms with Crippen molar-refractivity contribution in [3.8, 4) is 16.9 Å². The van der Waals surface area contributed by atoms with Crippen LogP contribution in [0.1, 0.15) is 33.8 Å². The molecule has 4 N–H and O–H groups in total. The number of carboxylic acid groups (broad SMARTS) is 1. The second-order valence-electron chi connectivity index (χ2n) is 7.58. The van der Waals surface area contributed by atoms with Crippen molar-refractivity contribution in [3.63, 3.8) is 0 Å². The second-order valence-corrected chi connectivity index (χ2v) is 7.58. The molecule has 0 radical (unpaired) electrons. The van der Waals surface area contributed by atoms with E-state index in [-0.39, 0.29) is 29.0 Å². The SMILES string of the molecule is CNC(=O)c1nnc(NC(=O)C2CC2)cc1Nc1cccc(-c2ccc(C(=O)O)nc2)c1OC. The predicted molar refractivity (Wildman–Crippen MR) is 123 cm³/mol. The van der Waals surface area contributed by atoms with Crippen LogP contribution in [0.25, 0.3) is 11.1 Å². The summed E-state index contributed by atoms with van der Waals surface area (Å²) in [4.78, 5) is 39.6. The van der Waals surface area contributed by atoms with Gasteiger partial charge in [-0.05, 0) is 25.0 Å². The van der Waals surface area contributed by atoms with E-state index in [1.807, 2.05) is 0 Å². The van der Waals surface area contributed by atoms with Gasteiger partial charge < -0.3 is 25.8 Å². The molecule has 2 aromatic heterocycles. The molecule has 4 rings (SSSR count). The fourth-order valence-electron chi connectivity index (χ4n) is 3.32. The lowest BCUT2D eigenvalue weighted by Crippen LogP contribution is -2.22. The van der Waals surface area contributed by atoms with E-state index in [1.165, 1.54) is 32.5 Å². The maximum Gasteiger partial charge on any atom is 0.354 e. The van der Waals surface area contributed by atoms with Gasteiger partial charge in [-0.15, -0.1) is 10.2 Å². The summed E-state index contributed by atoms with van der Waals surface area (Å²) in [5.41, 5.74) is 2.09. The van der Waals surface area contributed by atoms with Gasteiger partial charge in [0.25, 0.3) is 5.91 Å². The molecule has 0 atom stereocenters. The summed E-state index contributed by atoms with van der Waals surface area (Å²) < 4.78 is 5.63. The number of carbonyl (C=O) groups is 3. The minimum Gasteiger partial charge on any atom is -0.494 e. The summed E-state index contributed by atoms with van der Waals surface area (Å²) in [6.07, 6.45) is 3.13. The van der Waals surface area contributed by atoms with E-state index in [2.05, 4.69) is 31.1 Å². The Hall–Kier alpha value is -4.54. The second kappa shape index (κ2) is 9.53. The van der Waals surface area contributed by atoms with Crippen LogP contribution >= 0.6 is 0 Å². The molecule has 0 bridgehead atoms. The number of aromatic carboxylic acids is 1. The van der Waals surface area contributed by atoms with E-state index >= 15 is 0 Å². The Labute approximate surface area is 194 Å². The highest BCUT2D eigenvalue weighted by Gasteiger charge is 2.30. The Bertz CT molecular complexity index is 1260. The number of amides is 2. The van der Waals surface area contributed by atoms with Crippen molar-refractivity contribution in [2.75, 3.05) is 24.8 Å². The van der Waals surface area contributed by atoms with Crippen LogP contribution in [0.4, 0.5) is 17.2 Å². The summed E-state index contributed by atoms with van der Waals surface area (Å²) in [5.74, 6) is -1.07. The summed E-state index contributed by atoms with van der Waals surface area (Å²) in [5, 5.41) is 25.4. The highest BCUT2D eigenvalue weighted by molar-refractivity contribution is 6.00. The Morgan fingerprint density at radius 2 is 1.88 bits per heavy atom. The number of ether oxygens (including phenoxy) is 1. The third kappa shape index (κ3) is 4.77. The summed E-state index contributed by atoms with van der Waals surface area (Å²) in [6.45, 7) is 0. The average molecular weight is 462 g/mol.